The molecule has 7 rings (SSSR count). The minimum absolute atomic E-state index is 0.303. The second kappa shape index (κ2) is 9.15. The number of carbonyl (C=O) groups excluding carboxylic acids is 1. The van der Waals surface area contributed by atoms with Crippen LogP contribution in [0.2, 0.25) is 0 Å². The van der Waals surface area contributed by atoms with Gasteiger partial charge in [0.15, 0.2) is 11.5 Å². The number of rotatable bonds is 4. The molecule has 4 aromatic carbocycles. The highest BCUT2D eigenvalue weighted by atomic mass is 32.1. The summed E-state index contributed by atoms with van der Waals surface area (Å²) in [6.07, 6.45) is 0. The summed E-state index contributed by atoms with van der Waals surface area (Å²) < 4.78 is 17.2. The third-order valence-corrected chi connectivity index (χ3v) is 7.95. The number of hydrogen-bond donors (Lipinski definition) is 1. The lowest BCUT2D eigenvalue weighted by Gasteiger charge is -2.31. The fraction of sp³-hybridized carbons (Fsp3) is 0.0625. The molecule has 0 spiro atoms. The smallest absolute Gasteiger partial charge is 0.353 e. The molecule has 0 saturated carbocycles. The van der Waals surface area contributed by atoms with E-state index in [4.69, 9.17) is 13.9 Å². The maximum Gasteiger partial charge on any atom is 0.353 e. The van der Waals surface area contributed by atoms with Gasteiger partial charge in [-0.2, -0.15) is 0 Å². The molecule has 1 unspecified atom stereocenters. The standard InChI is InChI=1S/C32H21NO5S/c1-36-25-17-19(13-15-24(25)38-31(34)26-11-6-16-39-26)27-28-20-8-3-2-7-18(20)12-14-22(28)33-30-21-9-4-5-10-23(21)37-32(35)29(27)30/h2-17,27,33H,1H3. The zero-order valence-corrected chi connectivity index (χ0v) is 21.6. The van der Waals surface area contributed by atoms with Gasteiger partial charge in [-0.3, -0.25) is 0 Å². The number of ether oxygens (including phenoxy) is 2. The van der Waals surface area contributed by atoms with Gasteiger partial charge in [0, 0.05) is 17.0 Å². The molecule has 0 bridgehead atoms. The molecule has 0 amide bonds. The predicted octanol–water partition coefficient (Wildman–Crippen LogP) is 7.47. The van der Waals surface area contributed by atoms with Crippen LogP contribution in [0.1, 0.15) is 32.3 Å². The Morgan fingerprint density at radius 2 is 1.69 bits per heavy atom. The van der Waals surface area contributed by atoms with Crippen LogP contribution in [0.5, 0.6) is 11.5 Å². The average Bonchev–Trinajstić information content (AvgIpc) is 3.52. The minimum atomic E-state index is -0.459. The molecule has 1 aliphatic heterocycles. The number of carbonyl (C=O) groups is 1. The minimum Gasteiger partial charge on any atom is -0.493 e. The van der Waals surface area contributed by atoms with Crippen LogP contribution >= 0.6 is 11.3 Å². The predicted molar refractivity (Wildman–Crippen MR) is 153 cm³/mol. The normalized spacial score (nSPS) is 13.9. The highest BCUT2D eigenvalue weighted by Gasteiger charge is 2.34. The molecule has 39 heavy (non-hydrogen) atoms. The Labute approximate surface area is 227 Å². The second-order valence-electron chi connectivity index (χ2n) is 9.26. The van der Waals surface area contributed by atoms with Crippen molar-refractivity contribution in [2.24, 2.45) is 0 Å². The Kier molecular flexibility index (Phi) is 5.45. The number of hydrogen-bond acceptors (Lipinski definition) is 7. The van der Waals surface area contributed by atoms with Gasteiger partial charge in [-0.05, 0) is 63.7 Å². The summed E-state index contributed by atoms with van der Waals surface area (Å²) in [7, 11) is 1.53. The summed E-state index contributed by atoms with van der Waals surface area (Å²) in [4.78, 5) is 26.7. The molecule has 190 valence electrons. The lowest BCUT2D eigenvalue weighted by atomic mass is 9.79. The molecule has 7 heteroatoms. The van der Waals surface area contributed by atoms with Gasteiger partial charge in [0.2, 0.25) is 0 Å². The van der Waals surface area contributed by atoms with Crippen molar-refractivity contribution >= 4 is 50.4 Å². The molecule has 6 aromatic rings. The van der Waals surface area contributed by atoms with E-state index in [1.807, 2.05) is 53.9 Å². The van der Waals surface area contributed by atoms with Gasteiger partial charge in [-0.25, -0.2) is 9.59 Å². The number of methoxy groups -OCH3 is 1. The monoisotopic (exact) mass is 531 g/mol. The fourth-order valence-electron chi connectivity index (χ4n) is 5.38. The van der Waals surface area contributed by atoms with Crippen LogP contribution in [0, 0.1) is 0 Å². The number of nitrogens with one attached hydrogen (secondary N) is 1. The van der Waals surface area contributed by atoms with Crippen molar-refractivity contribution in [3.63, 3.8) is 0 Å². The van der Waals surface area contributed by atoms with Gasteiger partial charge in [-0.15, -0.1) is 11.3 Å². The van der Waals surface area contributed by atoms with Crippen LogP contribution in [-0.4, -0.2) is 13.1 Å². The molecule has 0 radical (unpaired) electrons. The van der Waals surface area contributed by atoms with Gasteiger partial charge in [-0.1, -0.05) is 54.6 Å². The summed E-state index contributed by atoms with van der Waals surface area (Å²) in [6.45, 7) is 0. The Bertz CT molecular complexity index is 1960. The van der Waals surface area contributed by atoms with Crippen LogP contribution in [0.15, 0.2) is 106 Å². The first-order chi connectivity index (χ1) is 19.1. The van der Waals surface area contributed by atoms with Crippen LogP contribution in [0.4, 0.5) is 11.4 Å². The number of esters is 1. The molecule has 0 aliphatic carbocycles. The first-order valence-corrected chi connectivity index (χ1v) is 13.3. The molecule has 6 nitrogen and oxygen atoms in total. The Morgan fingerprint density at radius 1 is 0.872 bits per heavy atom. The van der Waals surface area contributed by atoms with Gasteiger partial charge in [0.05, 0.1) is 18.4 Å². The van der Waals surface area contributed by atoms with Crippen molar-refractivity contribution < 1.29 is 18.7 Å². The van der Waals surface area contributed by atoms with Crippen LogP contribution < -0.4 is 20.4 Å². The van der Waals surface area contributed by atoms with Crippen molar-refractivity contribution in [2.75, 3.05) is 12.4 Å². The van der Waals surface area contributed by atoms with Crippen LogP contribution in [-0.2, 0) is 0 Å². The number of fused-ring (bicyclic) bond motifs is 6. The summed E-state index contributed by atoms with van der Waals surface area (Å²) in [5, 5.41) is 8.27. The first kappa shape index (κ1) is 23.3. The van der Waals surface area contributed by atoms with Gasteiger partial charge < -0.3 is 19.2 Å². The van der Waals surface area contributed by atoms with Crippen molar-refractivity contribution in [1.82, 2.24) is 0 Å². The maximum absolute atomic E-state index is 13.6. The van der Waals surface area contributed by atoms with Crippen molar-refractivity contribution in [3.05, 3.63) is 128 Å². The van der Waals surface area contributed by atoms with E-state index in [0.29, 0.717) is 27.5 Å². The van der Waals surface area contributed by atoms with Gasteiger partial charge in [0.25, 0.3) is 0 Å². The Morgan fingerprint density at radius 3 is 2.51 bits per heavy atom. The Balaban J connectivity index is 1.46. The molecule has 1 atom stereocenters. The number of para-hydroxylation sites is 1. The summed E-state index contributed by atoms with van der Waals surface area (Å²) in [6, 6.07) is 28.7. The number of benzene rings is 4. The highest BCUT2D eigenvalue weighted by molar-refractivity contribution is 7.12. The fourth-order valence-corrected chi connectivity index (χ4v) is 5.98. The SMILES string of the molecule is COc1cc(C2c3c(c4ccccc4oc3=O)Nc3ccc4ccccc4c32)ccc1OC(=O)c1cccs1. The molecule has 2 aromatic heterocycles. The first-order valence-electron chi connectivity index (χ1n) is 12.4. The second-order valence-corrected chi connectivity index (χ2v) is 10.2. The molecule has 1 N–H and O–H groups in total. The molecular weight excluding hydrogens is 510 g/mol. The summed E-state index contributed by atoms with van der Waals surface area (Å²) >= 11 is 1.31. The van der Waals surface area contributed by atoms with E-state index in [0.717, 1.165) is 38.7 Å². The van der Waals surface area contributed by atoms with Crippen molar-refractivity contribution in [1.29, 1.82) is 0 Å². The largest absolute Gasteiger partial charge is 0.493 e. The zero-order valence-electron chi connectivity index (χ0n) is 20.8. The lowest BCUT2D eigenvalue weighted by Crippen LogP contribution is -2.23. The van der Waals surface area contributed by atoms with E-state index in [9.17, 15) is 9.59 Å². The summed E-state index contributed by atoms with van der Waals surface area (Å²) in [5.41, 5.74) is 4.04. The molecule has 0 fully saturated rings. The number of thiophene rings is 1. The Hall–Kier alpha value is -4.88. The van der Waals surface area contributed by atoms with Crippen LogP contribution in [0.25, 0.3) is 21.7 Å². The lowest BCUT2D eigenvalue weighted by molar-refractivity contribution is 0.0734. The van der Waals surface area contributed by atoms with E-state index in [1.165, 1.54) is 18.4 Å². The zero-order chi connectivity index (χ0) is 26.5. The number of anilines is 2. The van der Waals surface area contributed by atoms with Gasteiger partial charge in [0.1, 0.15) is 10.5 Å². The molecule has 3 heterocycles. The molecule has 1 aliphatic rings. The summed E-state index contributed by atoms with van der Waals surface area (Å²) in [5.74, 6) is -0.215. The van der Waals surface area contributed by atoms with E-state index < -0.39 is 17.5 Å². The molecule has 0 saturated heterocycles. The van der Waals surface area contributed by atoms with E-state index in [-0.39, 0.29) is 0 Å². The van der Waals surface area contributed by atoms with Gasteiger partial charge >= 0.3 is 11.6 Å². The maximum atomic E-state index is 13.6. The third-order valence-electron chi connectivity index (χ3n) is 7.10. The van der Waals surface area contributed by atoms with Crippen LogP contribution in [0.3, 0.4) is 0 Å². The van der Waals surface area contributed by atoms with E-state index in [2.05, 4.69) is 23.5 Å². The van der Waals surface area contributed by atoms with E-state index in [1.54, 1.807) is 24.3 Å². The van der Waals surface area contributed by atoms with Crippen molar-refractivity contribution in [2.45, 2.75) is 5.92 Å². The third kappa shape index (κ3) is 3.78. The van der Waals surface area contributed by atoms with Crippen molar-refractivity contribution in [3.8, 4) is 11.5 Å². The molecular formula is C32H21NO5S. The quantitative estimate of drug-likeness (QED) is 0.144. The highest BCUT2D eigenvalue weighted by Crippen LogP contribution is 2.49. The van der Waals surface area contributed by atoms with E-state index >= 15 is 0 Å². The topological polar surface area (TPSA) is 77.8 Å². The average molecular weight is 532 g/mol.